The van der Waals surface area contributed by atoms with Crippen molar-refractivity contribution in [1.29, 1.82) is 0 Å². The summed E-state index contributed by atoms with van der Waals surface area (Å²) in [5.74, 6) is -8.02. The third-order valence-corrected chi connectivity index (χ3v) is 26.7. The van der Waals surface area contributed by atoms with Crippen molar-refractivity contribution in [2.45, 2.75) is 306 Å². The van der Waals surface area contributed by atoms with E-state index in [2.05, 4.69) is 6.58 Å². The molecule has 0 spiro atoms. The molecule has 658 valence electrons. The number of amides is 2. The summed E-state index contributed by atoms with van der Waals surface area (Å²) >= 11 is 0. The minimum atomic E-state index is -3.44. The first-order valence-corrected chi connectivity index (χ1v) is 40.4. The zero-order chi connectivity index (χ0) is 87.4. The number of carbonyl (C=O) groups is 8. The summed E-state index contributed by atoms with van der Waals surface area (Å²) in [6, 6.07) is 11.2. The van der Waals surface area contributed by atoms with Crippen molar-refractivity contribution in [3.8, 4) is 0 Å². The Balaban J connectivity index is 0.000000219. The van der Waals surface area contributed by atoms with Gasteiger partial charge in [-0.1, -0.05) is 84.5 Å². The Kier molecular flexibility index (Phi) is 25.2. The number of nitrogens with one attached hydrogen (secondary N) is 2. The van der Waals surface area contributed by atoms with Crippen LogP contribution in [-0.2, 0) is 85.5 Å². The summed E-state index contributed by atoms with van der Waals surface area (Å²) < 4.78 is 144. The van der Waals surface area contributed by atoms with E-state index in [9.17, 15) is 81.5 Å². The number of nitrogens with zero attached hydrogens (tertiary/aromatic N) is 1. The average molecular weight is 1680 g/mol. The number of hydrogen-bond acceptors (Lipinski definition) is 28. The number of rotatable bonds is 20. The number of likely N-dealkylation sites (tertiary alicyclic amines) is 1. The number of alkyl carbamates (subject to hydrolysis) is 2. The zero-order valence-electron chi connectivity index (χ0n) is 69.8. The molecule has 119 heavy (non-hydrogen) atoms. The van der Waals surface area contributed by atoms with E-state index in [1.807, 2.05) is 29.4 Å². The third kappa shape index (κ3) is 16.3. The quantitative estimate of drug-likeness (QED) is 0.0286. The number of ether oxygens (including phenoxy) is 14. The second-order valence-electron chi connectivity index (χ2n) is 37.0. The molecule has 2 amide bonds. The van der Waals surface area contributed by atoms with E-state index in [-0.39, 0.29) is 43.5 Å². The van der Waals surface area contributed by atoms with Gasteiger partial charge in [0, 0.05) is 67.5 Å². The van der Waals surface area contributed by atoms with Crippen LogP contribution >= 0.6 is 0 Å². The van der Waals surface area contributed by atoms with E-state index in [0.29, 0.717) is 54.5 Å². The van der Waals surface area contributed by atoms with E-state index < -0.39 is 239 Å². The predicted molar refractivity (Wildman–Crippen MR) is 408 cm³/mol. The van der Waals surface area contributed by atoms with Gasteiger partial charge in [-0.25, -0.2) is 46.3 Å². The van der Waals surface area contributed by atoms with Crippen molar-refractivity contribution in [3.05, 3.63) is 107 Å². The Morgan fingerprint density at radius 2 is 0.983 bits per heavy atom. The van der Waals surface area contributed by atoms with Gasteiger partial charge < -0.3 is 102 Å². The summed E-state index contributed by atoms with van der Waals surface area (Å²) in [7, 11) is 0. The smallest absolute Gasteiger partial charge is 0.408 e. The maximum absolute atomic E-state index is 14.4. The molecule has 9 fully saturated rings. The number of benzene rings is 2. The Labute approximate surface area is 687 Å². The molecule has 2 aromatic rings. The fourth-order valence-corrected chi connectivity index (χ4v) is 20.8. The number of aliphatic hydroxyl groups is 5. The summed E-state index contributed by atoms with van der Waals surface area (Å²) in [5.41, 5.74) is -12.4. The Morgan fingerprint density at radius 3 is 1.32 bits per heavy atom. The number of hydrogen-bond donors (Lipinski definition) is 7. The number of fused-ring (bicyclic) bond motifs is 16. The van der Waals surface area contributed by atoms with Crippen LogP contribution in [0.1, 0.15) is 176 Å². The van der Waals surface area contributed by atoms with Crippen LogP contribution in [0.3, 0.4) is 0 Å². The number of aliphatic hydroxyl groups excluding tert-OH is 3. The van der Waals surface area contributed by atoms with Crippen molar-refractivity contribution in [2.24, 2.45) is 33.5 Å². The zero-order valence-corrected chi connectivity index (χ0v) is 69.8. The molecular weight excluding hydrogens is 1570 g/mol. The molecule has 4 bridgehead atoms. The van der Waals surface area contributed by atoms with Crippen molar-refractivity contribution in [3.63, 3.8) is 0 Å². The van der Waals surface area contributed by atoms with Crippen LogP contribution in [0.15, 0.2) is 95.6 Å². The van der Waals surface area contributed by atoms with Crippen LogP contribution in [0.25, 0.3) is 0 Å². The Bertz CT molecular complexity index is 4250. The van der Waals surface area contributed by atoms with Crippen LogP contribution in [0.4, 0.5) is 27.2 Å². The minimum Gasteiger partial charge on any atom is -0.456 e. The molecule has 34 heteroatoms. The van der Waals surface area contributed by atoms with E-state index in [4.69, 9.17) is 66.3 Å². The second-order valence-corrected chi connectivity index (χ2v) is 37.0. The molecule has 7 N–H and O–H groups in total. The first-order chi connectivity index (χ1) is 55.5. The van der Waals surface area contributed by atoms with Crippen LogP contribution in [0.2, 0.25) is 0 Å². The van der Waals surface area contributed by atoms with Crippen LogP contribution < -0.4 is 10.6 Å². The predicted octanol–water partition coefficient (Wildman–Crippen LogP) is 7.98. The average Bonchev–Trinajstić information content (AvgIpc) is 1.66. The lowest BCUT2D eigenvalue weighted by molar-refractivity contribution is -0.345. The van der Waals surface area contributed by atoms with Crippen LogP contribution in [-0.4, -0.2) is 262 Å². The molecule has 0 unspecified atom stereocenters. The van der Waals surface area contributed by atoms with Gasteiger partial charge in [0.15, 0.2) is 36.0 Å². The van der Waals surface area contributed by atoms with Gasteiger partial charge in [-0.2, -0.15) is 0 Å². The Morgan fingerprint density at radius 1 is 0.588 bits per heavy atom. The standard InChI is InChI=1S/C44H60F2N2O14.C41H53F2NO13/c1-22-26(57-38(53)31(51)30(36(45)46)47-39(54)62-40(3,4)5)18-44(55)35(60-37(52)24-12-10-9-11-13-24)33-42(8,16-14-27-43(33,21-56-27)61-23(2)50)34-32(29(22)41(44,6)7)58-28(59-34)19-48-17-15-25(48)20-49;1-10-25-53-29-26-20(2)23(52-35(48)28(46)27(33(42)43)44-36(49)57-37(4,5)6)18-41(50,38(26,7)8)32(55-34(47)22-14-12-11-13-15-22)30-39(9,31(29)54-25)17-16-24-40(30,19-51-24)56-21(3)45/h9-13,25-28,30-36,49,51,55H,14-21H2,1-8H3,(H,47,54);10-15,23-25,27-33,46,50H,1,16-19H2,2-9H3,(H,44,49)/t25-,26-,27+,28+,30+,31+,32+,33-,34+,35-,42+,43-,44+;23-,24+,25+,27+,28+,29+,30-,31+,32-,39+,40-,41+/m00/s1. The molecule has 2 aromatic carbocycles. The second kappa shape index (κ2) is 33.2. The molecule has 11 aliphatic rings. The fourth-order valence-electron chi connectivity index (χ4n) is 20.8. The molecule has 30 nitrogen and oxygen atoms in total. The number of halogens is 4. The van der Waals surface area contributed by atoms with Gasteiger partial charge in [-0.3, -0.25) is 14.5 Å². The number of carbonyl (C=O) groups excluding carboxylic acids is 8. The van der Waals surface area contributed by atoms with E-state index >= 15 is 0 Å². The molecule has 4 saturated carbocycles. The maximum Gasteiger partial charge on any atom is 0.408 e. The van der Waals surface area contributed by atoms with Gasteiger partial charge in [0.2, 0.25) is 0 Å². The molecular formula is C85H113F4N3O27. The first-order valence-electron chi connectivity index (χ1n) is 40.4. The van der Waals surface area contributed by atoms with Crippen LogP contribution in [0.5, 0.6) is 0 Å². The minimum absolute atomic E-state index is 0.0664. The number of alkyl halides is 4. The highest BCUT2D eigenvalue weighted by Gasteiger charge is 2.80. The SMILES string of the molecule is C=C[C@@H]1O[C@@H]2C3=C(C)[C@@H](OC(=O)[C@H](O)[C@@H](NC(=O)OC(C)(C)C)C(F)F)C[C@@](O)([C@@H](OC(=O)c4ccccc4)[C@H]4[C@@](C)(CC[C@H]5OC[C@]54OC(C)=O)[C@@H]2O1)C3(C)C.CC(=O)O[C@@]12CO[C@@H]1CC[C@@]1(C)[C@@H]3O[C@H](CN4CC[C@H]4CO)O[C@@H]3C3=C(C)[C@@H](OC(=O)[C@H](O)[C@@H](NC(=O)OC(C)(C)C)C(F)F)C[C@@](O)([C@@H](OC(=O)c4ccccc4)[C@@H]12)C3(C)C. The van der Waals surface area contributed by atoms with Crippen molar-refractivity contribution in [2.75, 3.05) is 32.9 Å². The molecule has 5 heterocycles. The Hall–Kier alpha value is -7.74. The summed E-state index contributed by atoms with van der Waals surface area (Å²) in [6.45, 7) is 30.2. The van der Waals surface area contributed by atoms with E-state index in [1.54, 1.807) is 102 Å². The monoisotopic (exact) mass is 1680 g/mol. The lowest BCUT2D eigenvalue weighted by Crippen LogP contribution is -2.79. The first kappa shape index (κ1) is 90.5. The topological polar surface area (TPSA) is 394 Å². The molecule has 0 aromatic heterocycles. The van der Waals surface area contributed by atoms with Gasteiger partial charge >= 0.3 is 48.0 Å². The highest BCUT2D eigenvalue weighted by Crippen LogP contribution is 2.69. The summed E-state index contributed by atoms with van der Waals surface area (Å²) in [6.07, 6.45) is -24.5. The molecule has 5 saturated heterocycles. The maximum atomic E-state index is 14.4. The van der Waals surface area contributed by atoms with Gasteiger partial charge in [0.05, 0.1) is 55.0 Å². The molecule has 6 aliphatic carbocycles. The number of esters is 6. The van der Waals surface area contributed by atoms with Gasteiger partial charge in [-0.05, 0) is 140 Å². The lowest BCUT2D eigenvalue weighted by Gasteiger charge is -2.68. The summed E-state index contributed by atoms with van der Waals surface area (Å²) in [5, 5.41) is 63.1. The van der Waals surface area contributed by atoms with Gasteiger partial charge in [0.25, 0.3) is 12.9 Å². The molecule has 13 rings (SSSR count). The van der Waals surface area contributed by atoms with Crippen molar-refractivity contribution >= 4 is 48.0 Å². The lowest BCUT2D eigenvalue weighted by atomic mass is 9.45. The third-order valence-electron chi connectivity index (χ3n) is 26.7. The van der Waals surface area contributed by atoms with Crippen LogP contribution in [0, 0.1) is 33.5 Å². The molecule has 5 aliphatic heterocycles. The van der Waals surface area contributed by atoms with Crippen molar-refractivity contribution < 1.29 is 148 Å². The van der Waals surface area contributed by atoms with Gasteiger partial charge in [0.1, 0.15) is 83.3 Å². The van der Waals surface area contributed by atoms with E-state index in [0.717, 1.165) is 6.42 Å². The molecule has 0 radical (unpaired) electrons. The highest BCUT2D eigenvalue weighted by molar-refractivity contribution is 5.90. The fraction of sp³-hybridized carbons (Fsp3) is 0.694. The molecule has 25 atom stereocenters. The highest BCUT2D eigenvalue weighted by atomic mass is 19.3. The van der Waals surface area contributed by atoms with Crippen molar-refractivity contribution in [1.82, 2.24) is 15.5 Å². The normalized spacial score (nSPS) is 36.8. The van der Waals surface area contributed by atoms with Gasteiger partial charge in [-0.15, -0.1) is 0 Å². The largest absolute Gasteiger partial charge is 0.456 e. The van der Waals surface area contributed by atoms with E-state index in [1.165, 1.54) is 61.5 Å². The summed E-state index contributed by atoms with van der Waals surface area (Å²) in [4.78, 5) is 109.